The summed E-state index contributed by atoms with van der Waals surface area (Å²) in [6, 6.07) is 8.48. The number of hydrogen-bond acceptors (Lipinski definition) is 12. The number of rotatable bonds is 20. The Morgan fingerprint density at radius 3 is 2.41 bits per heavy atom. The Balaban J connectivity index is 1.30. The normalized spacial score (nSPS) is 18.1. The van der Waals surface area contributed by atoms with Crippen molar-refractivity contribution in [1.82, 2.24) is 4.90 Å². The van der Waals surface area contributed by atoms with Gasteiger partial charge in [-0.3, -0.25) is 9.21 Å². The highest BCUT2D eigenvalue weighted by Crippen LogP contribution is 2.39. The maximum atomic E-state index is 14.1. The van der Waals surface area contributed by atoms with Crippen molar-refractivity contribution in [3.63, 3.8) is 0 Å². The molecule has 19 heteroatoms. The molecule has 0 N–H and O–H groups in total. The first-order valence-electron chi connectivity index (χ1n) is 19.1. The van der Waals surface area contributed by atoms with Gasteiger partial charge in [0.1, 0.15) is 28.5 Å². The van der Waals surface area contributed by atoms with Crippen LogP contribution in [0.3, 0.4) is 0 Å². The van der Waals surface area contributed by atoms with Crippen molar-refractivity contribution in [2.75, 3.05) is 76.4 Å². The topological polar surface area (TPSA) is 149 Å². The van der Waals surface area contributed by atoms with Crippen molar-refractivity contribution >= 4 is 44.9 Å². The molecule has 0 spiro atoms. The third kappa shape index (κ3) is 12.6. The SMILES string of the molecule is CS(=O)(=O)N(CCN1CCOCC1)c1ccc(C(=O)O[C@@H](Cc2c(Cl)c[n+]([O-])cc2Cl)c2ccc(OC(F)F)c(OCC3CC3)c2)cc1OCCOC1CCCCO1. The van der Waals surface area contributed by atoms with Crippen LogP contribution in [0.2, 0.25) is 10.0 Å². The van der Waals surface area contributed by atoms with Gasteiger partial charge >= 0.3 is 12.6 Å². The van der Waals surface area contributed by atoms with E-state index < -0.39 is 28.7 Å². The van der Waals surface area contributed by atoms with Crippen molar-refractivity contribution < 1.29 is 59.9 Å². The Labute approximate surface area is 346 Å². The summed E-state index contributed by atoms with van der Waals surface area (Å²) >= 11 is 12.9. The number of hydrogen-bond donors (Lipinski definition) is 0. The van der Waals surface area contributed by atoms with Crippen LogP contribution in [0, 0.1) is 11.1 Å². The predicted molar refractivity (Wildman–Crippen MR) is 210 cm³/mol. The van der Waals surface area contributed by atoms with Gasteiger partial charge in [-0.05, 0) is 73.9 Å². The van der Waals surface area contributed by atoms with Gasteiger partial charge in [0.15, 0.2) is 30.2 Å². The summed E-state index contributed by atoms with van der Waals surface area (Å²) in [6.07, 6.45) is 6.19. The average molecular weight is 875 g/mol. The Kier molecular flexibility index (Phi) is 15.5. The molecule has 2 aliphatic heterocycles. The van der Waals surface area contributed by atoms with Gasteiger partial charge in [-0.25, -0.2) is 13.2 Å². The molecule has 3 heterocycles. The number of carbonyl (C=O) groups is 1. The number of esters is 1. The van der Waals surface area contributed by atoms with E-state index in [4.69, 9.17) is 56.4 Å². The molecule has 2 saturated heterocycles. The van der Waals surface area contributed by atoms with Crippen LogP contribution in [0.4, 0.5) is 14.5 Å². The molecule has 318 valence electrons. The van der Waals surface area contributed by atoms with Crippen LogP contribution in [-0.2, 0) is 35.4 Å². The number of halogens is 4. The molecule has 14 nitrogen and oxygen atoms in total. The summed E-state index contributed by atoms with van der Waals surface area (Å²) in [7, 11) is -3.83. The minimum absolute atomic E-state index is 0.00485. The van der Waals surface area contributed by atoms with Crippen LogP contribution < -0.4 is 23.2 Å². The van der Waals surface area contributed by atoms with E-state index in [-0.39, 0.29) is 89.1 Å². The molecular formula is C39H47Cl2F2N3O11S. The number of sulfonamides is 1. The summed E-state index contributed by atoms with van der Waals surface area (Å²) in [5.74, 6) is -0.657. The number of nitrogens with zero attached hydrogens (tertiary/aromatic N) is 3. The zero-order valence-electron chi connectivity index (χ0n) is 32.0. The first kappa shape index (κ1) is 43.9. The number of ether oxygens (including phenoxy) is 7. The minimum Gasteiger partial charge on any atom is -0.619 e. The summed E-state index contributed by atoms with van der Waals surface area (Å²) < 4.78 is 94.7. The second kappa shape index (κ2) is 20.5. The summed E-state index contributed by atoms with van der Waals surface area (Å²) in [5.41, 5.74) is 0.825. The van der Waals surface area contributed by atoms with Crippen LogP contribution >= 0.6 is 23.2 Å². The standard InChI is InChI=1S/C39H47Cl2F2N3O11S/c1-58(49,50)46(12-11-44-13-16-51-17-14-44)32-9-7-28(21-35(32)52-18-19-54-37-4-2-3-15-53-37)38(47)56-34(22-29-30(40)23-45(48)24-31(29)41)27-8-10-33(57-39(42)43)36(20-27)55-25-26-5-6-26/h7-10,20-21,23-24,26,34,37,39H,2-6,11-19,22,25H2,1H3/t34-,37?/m0/s1. The number of aromatic nitrogens is 1. The van der Waals surface area contributed by atoms with E-state index >= 15 is 0 Å². The molecule has 3 aliphatic rings. The van der Waals surface area contributed by atoms with E-state index in [9.17, 15) is 27.2 Å². The van der Waals surface area contributed by atoms with Crippen molar-refractivity contribution in [2.45, 2.75) is 57.5 Å². The lowest BCUT2D eigenvalue weighted by molar-refractivity contribution is -0.605. The van der Waals surface area contributed by atoms with Crippen LogP contribution in [0.1, 0.15) is 59.7 Å². The minimum atomic E-state index is -3.83. The van der Waals surface area contributed by atoms with Gasteiger partial charge in [-0.1, -0.05) is 29.3 Å². The lowest BCUT2D eigenvalue weighted by atomic mass is 10.0. The molecule has 6 rings (SSSR count). The Morgan fingerprint density at radius 2 is 1.74 bits per heavy atom. The summed E-state index contributed by atoms with van der Waals surface area (Å²) in [5, 5.41) is 12.1. The van der Waals surface area contributed by atoms with E-state index in [0.29, 0.717) is 49.7 Å². The second-order valence-corrected chi connectivity index (χ2v) is 16.9. The Bertz CT molecular complexity index is 1940. The number of anilines is 1. The average Bonchev–Trinajstić information content (AvgIpc) is 4.02. The molecule has 1 aliphatic carbocycles. The fourth-order valence-electron chi connectivity index (χ4n) is 6.52. The molecular weight excluding hydrogens is 827 g/mol. The number of alkyl halides is 2. The van der Waals surface area contributed by atoms with Crippen LogP contribution in [0.15, 0.2) is 48.8 Å². The van der Waals surface area contributed by atoms with Crippen molar-refractivity contribution in [3.8, 4) is 17.2 Å². The quantitative estimate of drug-likeness (QED) is 0.0553. The molecule has 0 radical (unpaired) electrons. The fourth-order valence-corrected chi connectivity index (χ4v) is 8.04. The summed E-state index contributed by atoms with van der Waals surface area (Å²) in [4.78, 5) is 16.2. The maximum absolute atomic E-state index is 14.1. The first-order chi connectivity index (χ1) is 27.8. The van der Waals surface area contributed by atoms with Crippen molar-refractivity contribution in [2.24, 2.45) is 5.92 Å². The molecule has 2 aromatic carbocycles. The van der Waals surface area contributed by atoms with E-state index in [1.807, 2.05) is 0 Å². The van der Waals surface area contributed by atoms with Gasteiger partial charge in [0.25, 0.3) is 0 Å². The maximum Gasteiger partial charge on any atom is 0.387 e. The van der Waals surface area contributed by atoms with Gasteiger partial charge in [0, 0.05) is 44.8 Å². The van der Waals surface area contributed by atoms with Gasteiger partial charge in [0.2, 0.25) is 10.0 Å². The highest BCUT2D eigenvalue weighted by atomic mass is 35.5. The first-order valence-corrected chi connectivity index (χ1v) is 21.7. The molecule has 1 saturated carbocycles. The summed E-state index contributed by atoms with van der Waals surface area (Å²) in [6.45, 7) is 0.809. The second-order valence-electron chi connectivity index (χ2n) is 14.2. The highest BCUT2D eigenvalue weighted by Gasteiger charge is 2.29. The molecule has 0 bridgehead atoms. The third-order valence-electron chi connectivity index (χ3n) is 9.79. The molecule has 0 amide bonds. The fraction of sp³-hybridized carbons (Fsp3) is 0.538. The lowest BCUT2D eigenvalue weighted by Crippen LogP contribution is -2.43. The van der Waals surface area contributed by atoms with Gasteiger partial charge in [-0.2, -0.15) is 13.5 Å². The molecule has 2 atom stereocenters. The Hall–Kier alpha value is -3.71. The number of pyridine rings is 1. The van der Waals surface area contributed by atoms with E-state index in [2.05, 4.69) is 4.90 Å². The molecule has 1 unspecified atom stereocenters. The largest absolute Gasteiger partial charge is 0.619 e. The van der Waals surface area contributed by atoms with E-state index in [0.717, 1.165) is 50.8 Å². The molecule has 3 fully saturated rings. The van der Waals surface area contributed by atoms with Crippen LogP contribution in [0.25, 0.3) is 0 Å². The third-order valence-corrected chi connectivity index (χ3v) is 11.6. The number of morpholine rings is 1. The lowest BCUT2D eigenvalue weighted by Gasteiger charge is -2.31. The zero-order chi connectivity index (χ0) is 41.2. The monoisotopic (exact) mass is 873 g/mol. The zero-order valence-corrected chi connectivity index (χ0v) is 34.3. The highest BCUT2D eigenvalue weighted by molar-refractivity contribution is 7.92. The molecule has 1 aromatic heterocycles. The smallest absolute Gasteiger partial charge is 0.387 e. The van der Waals surface area contributed by atoms with E-state index in [1.54, 1.807) is 0 Å². The molecule has 3 aromatic rings. The van der Waals surface area contributed by atoms with Gasteiger partial charge in [-0.15, -0.1) is 0 Å². The van der Waals surface area contributed by atoms with E-state index in [1.165, 1.54) is 40.7 Å². The van der Waals surface area contributed by atoms with Crippen LogP contribution in [-0.4, -0.2) is 104 Å². The predicted octanol–water partition coefficient (Wildman–Crippen LogP) is 6.18. The van der Waals surface area contributed by atoms with Gasteiger partial charge in [0.05, 0.1) is 43.9 Å². The molecule has 58 heavy (non-hydrogen) atoms. The number of benzene rings is 2. The number of carbonyl (C=O) groups excluding carboxylic acids is 1. The Morgan fingerprint density at radius 1 is 0.983 bits per heavy atom. The van der Waals surface area contributed by atoms with Gasteiger partial charge < -0.3 is 38.4 Å². The van der Waals surface area contributed by atoms with Crippen molar-refractivity contribution in [1.29, 1.82) is 0 Å². The van der Waals surface area contributed by atoms with Crippen molar-refractivity contribution in [3.05, 3.63) is 80.7 Å². The van der Waals surface area contributed by atoms with Crippen LogP contribution in [0.5, 0.6) is 17.2 Å².